The molecule has 0 spiro atoms. The first-order valence-corrected chi connectivity index (χ1v) is 9.68. The second kappa shape index (κ2) is 10.4. The molecule has 2 amide bonds. The molecular formula is C22H24N4O6. The van der Waals surface area contributed by atoms with Crippen LogP contribution in [0.1, 0.15) is 21.8 Å². The molecule has 2 heterocycles. The lowest BCUT2D eigenvalue weighted by Gasteiger charge is -2.09. The minimum absolute atomic E-state index is 0.0410. The molecule has 0 aliphatic carbocycles. The Morgan fingerprint density at radius 2 is 1.88 bits per heavy atom. The van der Waals surface area contributed by atoms with Crippen molar-refractivity contribution in [2.75, 3.05) is 33.3 Å². The number of methoxy groups -OCH3 is 3. The monoisotopic (exact) mass is 440 g/mol. The molecule has 0 radical (unpaired) electrons. The van der Waals surface area contributed by atoms with Gasteiger partial charge in [0.25, 0.3) is 5.91 Å². The number of anilines is 1. The molecule has 0 unspecified atom stereocenters. The molecule has 0 saturated heterocycles. The van der Waals surface area contributed by atoms with E-state index in [4.69, 9.17) is 18.6 Å². The molecule has 2 aromatic heterocycles. The molecule has 2 N–H and O–H groups in total. The summed E-state index contributed by atoms with van der Waals surface area (Å²) < 4.78 is 20.8. The van der Waals surface area contributed by atoms with Crippen molar-refractivity contribution in [2.24, 2.45) is 0 Å². The highest BCUT2D eigenvalue weighted by Crippen LogP contribution is 2.25. The molecule has 3 aromatic rings. The van der Waals surface area contributed by atoms with Gasteiger partial charge in [-0.3, -0.25) is 9.59 Å². The van der Waals surface area contributed by atoms with Crippen molar-refractivity contribution < 1.29 is 28.2 Å². The van der Waals surface area contributed by atoms with Crippen molar-refractivity contribution in [3.05, 3.63) is 53.4 Å². The second-order valence-electron chi connectivity index (χ2n) is 6.68. The third-order valence-electron chi connectivity index (χ3n) is 4.46. The van der Waals surface area contributed by atoms with E-state index in [1.54, 1.807) is 37.3 Å². The number of hydrogen-bond acceptors (Lipinski definition) is 8. The van der Waals surface area contributed by atoms with Gasteiger partial charge in [0.05, 0.1) is 20.8 Å². The van der Waals surface area contributed by atoms with Crippen molar-refractivity contribution in [3.63, 3.8) is 0 Å². The van der Waals surface area contributed by atoms with Crippen LogP contribution in [0.3, 0.4) is 0 Å². The average molecular weight is 440 g/mol. The summed E-state index contributed by atoms with van der Waals surface area (Å²) in [5.41, 5.74) is 2.12. The van der Waals surface area contributed by atoms with Crippen LogP contribution in [0.15, 0.2) is 40.8 Å². The number of oxazole rings is 1. The second-order valence-corrected chi connectivity index (χ2v) is 6.68. The van der Waals surface area contributed by atoms with E-state index in [-0.39, 0.29) is 36.4 Å². The molecule has 0 aliphatic rings. The molecule has 0 aliphatic heterocycles. The Labute approximate surface area is 184 Å². The van der Waals surface area contributed by atoms with Crippen molar-refractivity contribution in [2.45, 2.75) is 13.5 Å². The first kappa shape index (κ1) is 22.8. The van der Waals surface area contributed by atoms with Crippen LogP contribution in [-0.4, -0.2) is 49.7 Å². The third kappa shape index (κ3) is 5.41. The number of pyridine rings is 1. The lowest BCUT2D eigenvalue weighted by atomic mass is 10.2. The number of aryl methyl sites for hydroxylation is 1. The Morgan fingerprint density at radius 1 is 1.06 bits per heavy atom. The summed E-state index contributed by atoms with van der Waals surface area (Å²) in [6.45, 7) is 1.87. The summed E-state index contributed by atoms with van der Waals surface area (Å²) in [4.78, 5) is 32.9. The minimum atomic E-state index is -0.371. The van der Waals surface area contributed by atoms with Gasteiger partial charge in [-0.25, -0.2) is 4.98 Å². The van der Waals surface area contributed by atoms with Crippen molar-refractivity contribution in [3.8, 4) is 23.2 Å². The normalized spacial score (nSPS) is 10.5. The molecular weight excluding hydrogens is 416 g/mol. The number of hydrogen-bond donors (Lipinski definition) is 2. The van der Waals surface area contributed by atoms with Crippen LogP contribution in [0.2, 0.25) is 0 Å². The van der Waals surface area contributed by atoms with Crippen LogP contribution in [0.25, 0.3) is 11.5 Å². The lowest BCUT2D eigenvalue weighted by Crippen LogP contribution is -2.24. The number of benzene rings is 1. The number of carbonyl (C=O) groups excluding carboxylic acids is 2. The predicted octanol–water partition coefficient (Wildman–Crippen LogP) is 2.58. The fourth-order valence-corrected chi connectivity index (χ4v) is 2.90. The van der Waals surface area contributed by atoms with Gasteiger partial charge in [0.2, 0.25) is 23.6 Å². The molecule has 1 aromatic carbocycles. The maximum Gasteiger partial charge on any atom is 0.257 e. The number of rotatable bonds is 9. The van der Waals surface area contributed by atoms with E-state index >= 15 is 0 Å². The Morgan fingerprint density at radius 3 is 2.59 bits per heavy atom. The molecule has 32 heavy (non-hydrogen) atoms. The van der Waals surface area contributed by atoms with E-state index in [1.807, 2.05) is 6.07 Å². The zero-order chi connectivity index (χ0) is 23.1. The molecule has 0 fully saturated rings. The Balaban J connectivity index is 1.71. The van der Waals surface area contributed by atoms with Crippen LogP contribution in [-0.2, 0) is 16.1 Å². The molecule has 10 heteroatoms. The van der Waals surface area contributed by atoms with Gasteiger partial charge in [0.1, 0.15) is 23.6 Å². The van der Waals surface area contributed by atoms with Gasteiger partial charge < -0.3 is 29.3 Å². The number of carbonyl (C=O) groups is 2. The highest BCUT2D eigenvalue weighted by atomic mass is 16.5. The first-order chi connectivity index (χ1) is 15.4. The summed E-state index contributed by atoms with van der Waals surface area (Å²) in [6.07, 6.45) is 0. The van der Waals surface area contributed by atoms with Gasteiger partial charge in [-0.15, -0.1) is 0 Å². The van der Waals surface area contributed by atoms with E-state index in [2.05, 4.69) is 20.6 Å². The topological polar surface area (TPSA) is 125 Å². The van der Waals surface area contributed by atoms with Crippen LogP contribution >= 0.6 is 0 Å². The van der Waals surface area contributed by atoms with Crippen molar-refractivity contribution in [1.82, 2.24) is 15.3 Å². The number of aromatic nitrogens is 2. The quantitative estimate of drug-likeness (QED) is 0.520. The Bertz CT molecular complexity index is 1110. The standard InChI is InChI=1S/C22H24N4O6/c1-13-17(11-23-20(28)16-8-9-19(30-3)26-22(16)31-4)25-21(32-13)14-6-5-7-15(10-14)24-18(27)12-29-2/h5-10H,11-12H2,1-4H3,(H,23,28)(H,24,27). The maximum absolute atomic E-state index is 12.6. The van der Waals surface area contributed by atoms with E-state index in [0.29, 0.717) is 34.5 Å². The number of nitrogens with one attached hydrogen (secondary N) is 2. The van der Waals surface area contributed by atoms with Crippen LogP contribution in [0.5, 0.6) is 11.8 Å². The SMILES string of the molecule is COCC(=O)Nc1cccc(-c2nc(CNC(=O)c3ccc(OC)nc3OC)c(C)o2)c1. The fraction of sp³-hybridized carbons (Fsp3) is 0.273. The first-order valence-electron chi connectivity index (χ1n) is 9.68. The van der Waals surface area contributed by atoms with Gasteiger partial charge in [-0.1, -0.05) is 6.07 Å². The van der Waals surface area contributed by atoms with Crippen LogP contribution < -0.4 is 20.1 Å². The summed E-state index contributed by atoms with van der Waals surface area (Å²) >= 11 is 0. The van der Waals surface area contributed by atoms with Crippen molar-refractivity contribution >= 4 is 17.5 Å². The predicted molar refractivity (Wildman–Crippen MR) is 116 cm³/mol. The zero-order valence-corrected chi connectivity index (χ0v) is 18.2. The fourth-order valence-electron chi connectivity index (χ4n) is 2.90. The maximum atomic E-state index is 12.6. The van der Waals surface area contributed by atoms with E-state index in [1.165, 1.54) is 21.3 Å². The summed E-state index contributed by atoms with van der Waals surface area (Å²) in [6, 6.07) is 10.2. The summed E-state index contributed by atoms with van der Waals surface area (Å²) in [5.74, 6) is 0.805. The number of amides is 2. The van der Waals surface area contributed by atoms with Gasteiger partial charge in [-0.05, 0) is 31.2 Å². The van der Waals surface area contributed by atoms with Crippen LogP contribution in [0.4, 0.5) is 5.69 Å². The highest BCUT2D eigenvalue weighted by Gasteiger charge is 2.17. The van der Waals surface area contributed by atoms with E-state index < -0.39 is 0 Å². The number of nitrogens with zero attached hydrogens (tertiary/aromatic N) is 2. The Kier molecular flexibility index (Phi) is 7.40. The van der Waals surface area contributed by atoms with Gasteiger partial charge >= 0.3 is 0 Å². The Hall–Kier alpha value is -3.92. The molecule has 0 bridgehead atoms. The van der Waals surface area contributed by atoms with E-state index in [0.717, 1.165) is 0 Å². The van der Waals surface area contributed by atoms with Crippen molar-refractivity contribution in [1.29, 1.82) is 0 Å². The molecule has 3 rings (SSSR count). The average Bonchev–Trinajstić information content (AvgIpc) is 3.17. The molecule has 0 atom stereocenters. The van der Waals surface area contributed by atoms with Gasteiger partial charge in [0.15, 0.2) is 0 Å². The smallest absolute Gasteiger partial charge is 0.257 e. The summed E-state index contributed by atoms with van der Waals surface area (Å²) in [5, 5.41) is 5.53. The molecule has 168 valence electrons. The third-order valence-corrected chi connectivity index (χ3v) is 4.46. The van der Waals surface area contributed by atoms with Gasteiger partial charge in [0, 0.05) is 24.4 Å². The molecule has 10 nitrogen and oxygen atoms in total. The highest BCUT2D eigenvalue weighted by molar-refractivity contribution is 5.96. The molecule has 0 saturated carbocycles. The minimum Gasteiger partial charge on any atom is -0.481 e. The largest absolute Gasteiger partial charge is 0.481 e. The number of ether oxygens (including phenoxy) is 3. The van der Waals surface area contributed by atoms with Crippen LogP contribution in [0, 0.1) is 6.92 Å². The van der Waals surface area contributed by atoms with E-state index in [9.17, 15) is 9.59 Å². The zero-order valence-electron chi connectivity index (χ0n) is 18.2. The van der Waals surface area contributed by atoms with Gasteiger partial charge in [-0.2, -0.15) is 4.98 Å². The lowest BCUT2D eigenvalue weighted by molar-refractivity contribution is -0.119. The summed E-state index contributed by atoms with van der Waals surface area (Å²) in [7, 11) is 4.36.